The van der Waals surface area contributed by atoms with Crippen LogP contribution in [-0.4, -0.2) is 25.7 Å². The van der Waals surface area contributed by atoms with Gasteiger partial charge in [-0.15, -0.1) is 0 Å². The number of hydrogen-bond acceptors (Lipinski definition) is 4. The number of nitrogens with zero attached hydrogens (tertiary/aromatic N) is 1. The van der Waals surface area contributed by atoms with Gasteiger partial charge in [0.1, 0.15) is 12.0 Å². The van der Waals surface area contributed by atoms with Crippen molar-refractivity contribution < 1.29 is 13.9 Å². The molecule has 24 heavy (non-hydrogen) atoms. The van der Waals surface area contributed by atoms with Crippen molar-refractivity contribution in [2.75, 3.05) is 24.7 Å². The van der Waals surface area contributed by atoms with Crippen LogP contribution in [0.5, 0.6) is 0 Å². The van der Waals surface area contributed by atoms with Crippen molar-refractivity contribution in [1.29, 1.82) is 0 Å². The Morgan fingerprint density at radius 2 is 2.04 bits per heavy atom. The summed E-state index contributed by atoms with van der Waals surface area (Å²) in [6, 6.07) is 9.31. The summed E-state index contributed by atoms with van der Waals surface area (Å²) in [5.41, 5.74) is 6.86. The monoisotopic (exact) mass is 394 g/mol. The maximum Gasteiger partial charge on any atom is 0.261 e. The van der Waals surface area contributed by atoms with E-state index in [1.807, 2.05) is 24.3 Å². The molecule has 6 heteroatoms. The summed E-state index contributed by atoms with van der Waals surface area (Å²) in [6.07, 6.45) is 3.56. The summed E-state index contributed by atoms with van der Waals surface area (Å²) in [5.74, 6) is 0.466. The first kappa shape index (κ1) is 18.7. The summed E-state index contributed by atoms with van der Waals surface area (Å²) >= 11 is 3.41. The number of ether oxygens (including phenoxy) is 1. The average molecular weight is 395 g/mol. The second-order valence-electron chi connectivity index (χ2n) is 5.40. The molecule has 0 bridgehead atoms. The zero-order valence-corrected chi connectivity index (χ0v) is 15.4. The molecule has 0 fully saturated rings. The minimum atomic E-state index is -0.125. The van der Waals surface area contributed by atoms with Gasteiger partial charge in [0.15, 0.2) is 0 Å². The number of rotatable bonds is 9. The molecule has 0 atom stereocenters. The third-order valence-electron chi connectivity index (χ3n) is 3.59. The van der Waals surface area contributed by atoms with Gasteiger partial charge in [0.25, 0.3) is 5.91 Å². The number of benzene rings is 1. The van der Waals surface area contributed by atoms with Crippen molar-refractivity contribution in [2.45, 2.75) is 26.3 Å². The Balaban J connectivity index is 2.11. The lowest BCUT2D eigenvalue weighted by molar-refractivity contribution is 0.0958. The maximum atomic E-state index is 12.8. The van der Waals surface area contributed by atoms with Gasteiger partial charge in [-0.05, 0) is 36.8 Å². The Labute approximate surface area is 150 Å². The van der Waals surface area contributed by atoms with Crippen LogP contribution in [0, 0.1) is 0 Å². The third kappa shape index (κ3) is 5.19. The first-order chi connectivity index (χ1) is 11.7. The molecule has 0 spiro atoms. The van der Waals surface area contributed by atoms with E-state index >= 15 is 0 Å². The zero-order chi connectivity index (χ0) is 17.4. The van der Waals surface area contributed by atoms with E-state index in [0.29, 0.717) is 31.1 Å². The highest BCUT2D eigenvalue weighted by Gasteiger charge is 2.19. The van der Waals surface area contributed by atoms with E-state index in [2.05, 4.69) is 22.9 Å². The molecule has 0 aliphatic carbocycles. The maximum absolute atomic E-state index is 12.8. The Kier molecular flexibility index (Phi) is 7.49. The SMILES string of the molecule is CCCCOCCN(C(=O)c1coc(CN)c1)c1ccc(Br)cc1. The van der Waals surface area contributed by atoms with Gasteiger partial charge in [-0.3, -0.25) is 4.79 Å². The van der Waals surface area contributed by atoms with Crippen molar-refractivity contribution in [3.05, 3.63) is 52.4 Å². The van der Waals surface area contributed by atoms with Crippen molar-refractivity contribution in [3.63, 3.8) is 0 Å². The molecule has 2 aromatic rings. The fourth-order valence-electron chi connectivity index (χ4n) is 2.23. The van der Waals surface area contributed by atoms with Crippen LogP contribution in [0.2, 0.25) is 0 Å². The van der Waals surface area contributed by atoms with E-state index in [1.165, 1.54) is 6.26 Å². The molecular weight excluding hydrogens is 372 g/mol. The van der Waals surface area contributed by atoms with Crippen LogP contribution < -0.4 is 10.6 Å². The Hall–Kier alpha value is -1.63. The van der Waals surface area contributed by atoms with Crippen LogP contribution in [-0.2, 0) is 11.3 Å². The van der Waals surface area contributed by atoms with E-state index < -0.39 is 0 Å². The number of anilines is 1. The van der Waals surface area contributed by atoms with E-state index in [9.17, 15) is 4.79 Å². The van der Waals surface area contributed by atoms with Gasteiger partial charge in [-0.2, -0.15) is 0 Å². The molecule has 2 rings (SSSR count). The number of halogens is 1. The standard InChI is InChI=1S/C18H23BrN2O3/c1-2-3-9-23-10-8-21(16-6-4-15(19)5-7-16)18(22)14-11-17(12-20)24-13-14/h4-7,11,13H,2-3,8-10,12,20H2,1H3. The molecule has 5 nitrogen and oxygen atoms in total. The summed E-state index contributed by atoms with van der Waals surface area (Å²) in [4.78, 5) is 14.5. The van der Waals surface area contributed by atoms with Gasteiger partial charge < -0.3 is 19.8 Å². The molecule has 0 saturated carbocycles. The number of unbranched alkanes of at least 4 members (excludes halogenated alkanes) is 1. The second-order valence-corrected chi connectivity index (χ2v) is 6.32. The van der Waals surface area contributed by atoms with Gasteiger partial charge in [0, 0.05) is 23.3 Å². The first-order valence-electron chi connectivity index (χ1n) is 8.08. The molecule has 0 aliphatic rings. The molecule has 1 amide bonds. The largest absolute Gasteiger partial charge is 0.467 e. The van der Waals surface area contributed by atoms with Gasteiger partial charge in [0.2, 0.25) is 0 Å². The Bertz CT molecular complexity index is 640. The normalized spacial score (nSPS) is 10.8. The van der Waals surface area contributed by atoms with Crippen molar-refractivity contribution >= 4 is 27.5 Å². The smallest absolute Gasteiger partial charge is 0.261 e. The van der Waals surface area contributed by atoms with Crippen LogP contribution in [0.3, 0.4) is 0 Å². The first-order valence-corrected chi connectivity index (χ1v) is 8.87. The van der Waals surface area contributed by atoms with Crippen LogP contribution in [0.25, 0.3) is 0 Å². The molecule has 0 saturated heterocycles. The van der Waals surface area contributed by atoms with Crippen LogP contribution in [0.15, 0.2) is 45.5 Å². The molecule has 1 heterocycles. The fourth-order valence-corrected chi connectivity index (χ4v) is 2.49. The molecule has 0 unspecified atom stereocenters. The van der Waals surface area contributed by atoms with Crippen molar-refractivity contribution in [1.82, 2.24) is 0 Å². The summed E-state index contributed by atoms with van der Waals surface area (Å²) in [5, 5.41) is 0. The van der Waals surface area contributed by atoms with Crippen molar-refractivity contribution in [2.24, 2.45) is 5.73 Å². The van der Waals surface area contributed by atoms with E-state index in [-0.39, 0.29) is 12.5 Å². The van der Waals surface area contributed by atoms with Gasteiger partial charge in [0.05, 0.1) is 18.7 Å². The fraction of sp³-hybridized carbons (Fsp3) is 0.389. The summed E-state index contributed by atoms with van der Waals surface area (Å²) < 4.78 is 11.9. The zero-order valence-electron chi connectivity index (χ0n) is 13.8. The Morgan fingerprint density at radius 1 is 1.29 bits per heavy atom. The highest BCUT2D eigenvalue weighted by Crippen LogP contribution is 2.21. The van der Waals surface area contributed by atoms with Crippen molar-refractivity contribution in [3.8, 4) is 0 Å². The van der Waals surface area contributed by atoms with Gasteiger partial charge in [-0.1, -0.05) is 29.3 Å². The number of carbonyl (C=O) groups is 1. The molecule has 2 N–H and O–H groups in total. The number of furan rings is 1. The summed E-state index contributed by atoms with van der Waals surface area (Å²) in [6.45, 7) is 4.07. The predicted molar refractivity (Wildman–Crippen MR) is 98.1 cm³/mol. The lowest BCUT2D eigenvalue weighted by atomic mass is 10.2. The number of carbonyl (C=O) groups excluding carboxylic acids is 1. The number of nitrogens with two attached hydrogens (primary N) is 1. The number of hydrogen-bond donors (Lipinski definition) is 1. The highest BCUT2D eigenvalue weighted by atomic mass is 79.9. The quantitative estimate of drug-likeness (QED) is 0.653. The van der Waals surface area contributed by atoms with Gasteiger partial charge in [-0.25, -0.2) is 0 Å². The predicted octanol–water partition coefficient (Wildman–Crippen LogP) is 3.96. The molecule has 130 valence electrons. The third-order valence-corrected chi connectivity index (χ3v) is 4.12. The minimum absolute atomic E-state index is 0.125. The van der Waals surface area contributed by atoms with Crippen LogP contribution in [0.1, 0.15) is 35.9 Å². The van der Waals surface area contributed by atoms with Crippen LogP contribution in [0.4, 0.5) is 5.69 Å². The van der Waals surface area contributed by atoms with Gasteiger partial charge >= 0.3 is 0 Å². The van der Waals surface area contributed by atoms with E-state index in [1.54, 1.807) is 11.0 Å². The summed E-state index contributed by atoms with van der Waals surface area (Å²) in [7, 11) is 0. The van der Waals surface area contributed by atoms with E-state index in [0.717, 1.165) is 23.0 Å². The highest BCUT2D eigenvalue weighted by molar-refractivity contribution is 9.10. The number of amides is 1. The minimum Gasteiger partial charge on any atom is -0.467 e. The molecular formula is C18H23BrN2O3. The second kappa shape index (κ2) is 9.61. The lowest BCUT2D eigenvalue weighted by Gasteiger charge is -2.22. The molecule has 0 radical (unpaired) electrons. The Morgan fingerprint density at radius 3 is 2.67 bits per heavy atom. The average Bonchev–Trinajstić information content (AvgIpc) is 3.08. The van der Waals surface area contributed by atoms with Crippen LogP contribution >= 0.6 is 15.9 Å². The lowest BCUT2D eigenvalue weighted by Crippen LogP contribution is -2.34. The molecule has 1 aromatic carbocycles. The topological polar surface area (TPSA) is 68.7 Å². The molecule has 1 aromatic heterocycles. The van der Waals surface area contributed by atoms with E-state index in [4.69, 9.17) is 14.9 Å². The molecule has 0 aliphatic heterocycles.